The summed E-state index contributed by atoms with van der Waals surface area (Å²) in [4.78, 5) is 73.6. The second-order valence-corrected chi connectivity index (χ2v) is 16.6. The molecular formula is C22H31N10O16P3. The third kappa shape index (κ3) is 7.76. The van der Waals surface area contributed by atoms with Crippen LogP contribution in [0.15, 0.2) is 23.8 Å². The van der Waals surface area contributed by atoms with Crippen LogP contribution in [0, 0.1) is 0 Å². The van der Waals surface area contributed by atoms with Gasteiger partial charge in [0.05, 0.1) is 25.9 Å². The second-order valence-electron chi connectivity index (χ2n) is 11.2. The molecule has 4 aromatic heterocycles. The summed E-state index contributed by atoms with van der Waals surface area (Å²) in [6, 6.07) is 0. The number of fused-ring (bicyclic) bond motifs is 2. The van der Waals surface area contributed by atoms with E-state index < -0.39 is 96.8 Å². The Morgan fingerprint density at radius 1 is 0.863 bits per heavy atom. The number of aliphatic hydroxyl groups is 2. The molecule has 280 valence electrons. The summed E-state index contributed by atoms with van der Waals surface area (Å²) in [6.07, 6.45) is -8.63. The first-order chi connectivity index (χ1) is 23.9. The smallest absolute Gasteiger partial charge is 0.387 e. The number of H-pyrrole nitrogens is 1. The van der Waals surface area contributed by atoms with E-state index in [0.29, 0.717) is 0 Å². The van der Waals surface area contributed by atoms with Crippen molar-refractivity contribution in [1.29, 1.82) is 0 Å². The van der Waals surface area contributed by atoms with Crippen molar-refractivity contribution in [2.75, 3.05) is 37.7 Å². The van der Waals surface area contributed by atoms with Gasteiger partial charge in [-0.15, -0.1) is 0 Å². The summed E-state index contributed by atoms with van der Waals surface area (Å²) >= 11 is 0. The van der Waals surface area contributed by atoms with Gasteiger partial charge in [-0.3, -0.25) is 37.1 Å². The Hall–Kier alpha value is -3.29. The van der Waals surface area contributed by atoms with Crippen molar-refractivity contribution < 1.29 is 71.3 Å². The molecule has 2 unspecified atom stereocenters. The summed E-state index contributed by atoms with van der Waals surface area (Å²) in [5.74, 6) is -1.80. The maximum atomic E-state index is 13.3. The molecule has 2 saturated heterocycles. The van der Waals surface area contributed by atoms with Crippen molar-refractivity contribution in [1.82, 2.24) is 39.0 Å². The number of nitrogens with one attached hydrogen (secondary N) is 1. The Labute approximate surface area is 283 Å². The second kappa shape index (κ2) is 13.9. The number of hydrogen-bond donors (Lipinski definition) is 9. The fraction of sp³-hybridized carbons (Fsp3) is 0.545. The first-order valence-corrected chi connectivity index (χ1v) is 19.5. The fourth-order valence-electron chi connectivity index (χ4n) is 5.54. The van der Waals surface area contributed by atoms with Gasteiger partial charge in [-0.2, -0.15) is 4.98 Å². The SMILES string of the molecule is CO[C@@H]1[C@H](OP(=O)(O)OC[C@H]2O[C@@H](n3cnc4c(=O)[nH]c(N)nc43)[C@H](O)[C@@H]2O)[C@@H](COP(=O)(O)CP(=O)(O)O)O[C@H]1n1cnc2c(N)ncnc21. The van der Waals surface area contributed by atoms with Crippen molar-refractivity contribution >= 4 is 57.1 Å². The number of aromatic nitrogens is 8. The summed E-state index contributed by atoms with van der Waals surface area (Å²) in [5, 5.41) is 21.4. The van der Waals surface area contributed by atoms with E-state index in [1.165, 1.54) is 18.0 Å². The number of nitrogens with zero attached hydrogens (tertiary/aromatic N) is 7. The molecule has 2 aliphatic rings. The molecule has 4 aromatic rings. The predicted molar refractivity (Wildman–Crippen MR) is 166 cm³/mol. The highest BCUT2D eigenvalue weighted by Crippen LogP contribution is 2.56. The molecule has 29 heteroatoms. The molecule has 0 spiro atoms. The van der Waals surface area contributed by atoms with Gasteiger partial charge in [0, 0.05) is 7.11 Å². The van der Waals surface area contributed by atoms with Gasteiger partial charge >= 0.3 is 23.0 Å². The normalized spacial score (nSPS) is 29.5. The number of nitrogen functional groups attached to an aromatic ring is 2. The Bertz CT molecular complexity index is 2120. The van der Waals surface area contributed by atoms with Crippen LogP contribution in [0.5, 0.6) is 0 Å². The highest BCUT2D eigenvalue weighted by molar-refractivity contribution is 7.70. The van der Waals surface area contributed by atoms with Crippen LogP contribution in [0.1, 0.15) is 12.5 Å². The summed E-state index contributed by atoms with van der Waals surface area (Å²) < 4.78 is 72.1. The average Bonchev–Trinajstić information content (AvgIpc) is 3.79. The van der Waals surface area contributed by atoms with Crippen LogP contribution in [-0.4, -0.2) is 132 Å². The first-order valence-electron chi connectivity index (χ1n) is 14.4. The van der Waals surface area contributed by atoms with E-state index in [1.54, 1.807) is 0 Å². The molecule has 0 radical (unpaired) electrons. The van der Waals surface area contributed by atoms with Crippen LogP contribution in [0.4, 0.5) is 11.8 Å². The minimum Gasteiger partial charge on any atom is -0.387 e. The number of phosphoric ester groups is 1. The zero-order chi connectivity index (χ0) is 37.0. The Balaban J connectivity index is 1.21. The van der Waals surface area contributed by atoms with E-state index in [2.05, 4.69) is 29.9 Å². The number of rotatable bonds is 13. The minimum absolute atomic E-state index is 0.00395. The van der Waals surface area contributed by atoms with Crippen molar-refractivity contribution in [2.24, 2.45) is 0 Å². The topological polar surface area (TPSA) is 387 Å². The van der Waals surface area contributed by atoms with Crippen molar-refractivity contribution in [2.45, 2.75) is 49.1 Å². The van der Waals surface area contributed by atoms with Crippen LogP contribution >= 0.6 is 23.0 Å². The molecule has 51 heavy (non-hydrogen) atoms. The molecular weight excluding hydrogens is 753 g/mol. The largest absolute Gasteiger partial charge is 0.472 e. The molecule has 26 nitrogen and oxygen atoms in total. The lowest BCUT2D eigenvalue weighted by atomic mass is 10.1. The molecule has 10 atom stereocenters. The van der Waals surface area contributed by atoms with E-state index in [0.717, 1.165) is 17.2 Å². The zero-order valence-corrected chi connectivity index (χ0v) is 28.5. The number of anilines is 2. The molecule has 2 fully saturated rings. The minimum atomic E-state index is -5.23. The van der Waals surface area contributed by atoms with Crippen molar-refractivity contribution in [3.8, 4) is 0 Å². The number of nitrogens with two attached hydrogens (primary N) is 2. The molecule has 0 saturated carbocycles. The van der Waals surface area contributed by atoms with E-state index >= 15 is 0 Å². The summed E-state index contributed by atoms with van der Waals surface area (Å²) in [5.41, 5.74) is 10.8. The monoisotopic (exact) mass is 784 g/mol. The van der Waals surface area contributed by atoms with E-state index in [4.69, 9.17) is 39.2 Å². The van der Waals surface area contributed by atoms with Crippen LogP contribution < -0.4 is 17.0 Å². The average molecular weight is 784 g/mol. The number of phosphoric acid groups is 1. The van der Waals surface area contributed by atoms with Crippen LogP contribution in [0.2, 0.25) is 0 Å². The van der Waals surface area contributed by atoms with Gasteiger partial charge in [0.25, 0.3) is 5.56 Å². The highest BCUT2D eigenvalue weighted by atomic mass is 31.2. The van der Waals surface area contributed by atoms with Crippen molar-refractivity contribution in [3.05, 3.63) is 29.3 Å². The molecule has 0 amide bonds. The fourth-order valence-corrected chi connectivity index (χ4v) is 9.07. The standard InChI is InChI=1S/C22H31N10O16P3/c1-43-15-14(9(3-44-50(39,40)7-49(36,37)38)47-21(15)31-5-27-10-16(23)25-4-26-17(10)31)48-51(41,42)45-2-8-12(33)13(34)20(46-8)32-6-28-11-18(32)29-22(24)30-19(11)35/h4-6,8-9,12-15,20-21,33-34H,2-3,7H2,1H3,(H,39,40)(H,41,42)(H2,23,25,26)(H2,36,37,38)(H3,24,29,30,35)/t8-,9-,12-,13-,14-,15-,20-,21-/m1/s1. The molecule has 6 heterocycles. The number of aliphatic hydroxyl groups excluding tert-OH is 2. The van der Waals surface area contributed by atoms with Gasteiger partial charge in [0.2, 0.25) is 5.95 Å². The van der Waals surface area contributed by atoms with E-state index in [1.807, 2.05) is 0 Å². The highest BCUT2D eigenvalue weighted by Gasteiger charge is 2.52. The Morgan fingerprint density at radius 3 is 2.20 bits per heavy atom. The lowest BCUT2D eigenvalue weighted by Gasteiger charge is -2.26. The van der Waals surface area contributed by atoms with Gasteiger partial charge in [-0.25, -0.2) is 24.5 Å². The molecule has 0 aliphatic carbocycles. The number of ether oxygens (including phenoxy) is 3. The number of aromatic amines is 1. The first kappa shape index (κ1) is 37.5. The van der Waals surface area contributed by atoms with Gasteiger partial charge < -0.3 is 60.0 Å². The van der Waals surface area contributed by atoms with Crippen LogP contribution in [0.3, 0.4) is 0 Å². The Morgan fingerprint density at radius 2 is 1.51 bits per heavy atom. The third-order valence-corrected chi connectivity index (χ3v) is 12.2. The van der Waals surface area contributed by atoms with E-state index in [-0.39, 0.29) is 34.1 Å². The lowest BCUT2D eigenvalue weighted by Crippen LogP contribution is -2.38. The molecule has 2 aliphatic heterocycles. The molecule has 0 aromatic carbocycles. The molecule has 11 N–H and O–H groups in total. The van der Waals surface area contributed by atoms with Gasteiger partial charge in [-0.1, -0.05) is 0 Å². The van der Waals surface area contributed by atoms with E-state index in [9.17, 15) is 48.3 Å². The number of methoxy groups -OCH3 is 1. The summed E-state index contributed by atoms with van der Waals surface area (Å²) in [7, 11) is -14.0. The molecule has 0 bridgehead atoms. The number of hydrogen-bond acceptors (Lipinski definition) is 19. The van der Waals surface area contributed by atoms with Crippen LogP contribution in [0.25, 0.3) is 22.3 Å². The van der Waals surface area contributed by atoms with Crippen LogP contribution in [-0.2, 0) is 41.5 Å². The maximum Gasteiger partial charge on any atom is 0.472 e. The Kier molecular flexibility index (Phi) is 10.2. The lowest BCUT2D eigenvalue weighted by molar-refractivity contribution is -0.0580. The van der Waals surface area contributed by atoms with Gasteiger partial charge in [0.1, 0.15) is 48.5 Å². The summed E-state index contributed by atoms with van der Waals surface area (Å²) in [6.45, 7) is -1.78. The maximum absolute atomic E-state index is 13.3. The van der Waals surface area contributed by atoms with Gasteiger partial charge in [-0.05, 0) is 0 Å². The number of imidazole rings is 2. The third-order valence-electron chi connectivity index (χ3n) is 7.74. The predicted octanol–water partition coefficient (Wildman–Crippen LogP) is -2.51. The van der Waals surface area contributed by atoms with Gasteiger partial charge in [0.15, 0.2) is 41.0 Å². The quantitative estimate of drug-likeness (QED) is 0.0632. The molecule has 6 rings (SSSR count). The van der Waals surface area contributed by atoms with Crippen molar-refractivity contribution in [3.63, 3.8) is 0 Å². The zero-order valence-electron chi connectivity index (χ0n) is 25.9.